The summed E-state index contributed by atoms with van der Waals surface area (Å²) in [6.45, 7) is 9.35. The zero-order valence-corrected chi connectivity index (χ0v) is 67.2. The maximum atomic E-state index is 6.60. The van der Waals surface area contributed by atoms with E-state index in [-0.39, 0.29) is 10.8 Å². The van der Waals surface area contributed by atoms with E-state index in [1.165, 1.54) is 65.9 Å². The number of ether oxygens (including phenoxy) is 1. The van der Waals surface area contributed by atoms with Crippen molar-refractivity contribution in [1.82, 2.24) is 29.9 Å². The summed E-state index contributed by atoms with van der Waals surface area (Å²) in [5.41, 5.74) is 28.3. The van der Waals surface area contributed by atoms with Gasteiger partial charge in [0.1, 0.15) is 0 Å². The Bertz CT molecular complexity index is 6380. The molecule has 0 spiro atoms. The van der Waals surface area contributed by atoms with E-state index in [2.05, 4.69) is 308 Å². The van der Waals surface area contributed by atoms with Crippen LogP contribution < -0.4 is 24.3 Å². The summed E-state index contributed by atoms with van der Waals surface area (Å²) < 4.78 is 6.60. The van der Waals surface area contributed by atoms with Crippen LogP contribution in [0, 0.1) is 0 Å². The Morgan fingerprint density at radius 3 is 0.892 bits per heavy atom. The average molecular weight is 1560 g/mol. The lowest BCUT2D eigenvalue weighted by atomic mass is 9.73. The topological polar surface area (TPSA) is 99.5 Å². The molecule has 11 nitrogen and oxygen atoms in total. The van der Waals surface area contributed by atoms with E-state index in [0.29, 0.717) is 34.9 Å². The monoisotopic (exact) mass is 1560 g/mol. The Hall–Kier alpha value is -15.1. The second-order valence-electron chi connectivity index (χ2n) is 31.4. The third-order valence-electron chi connectivity index (χ3n) is 23.4. The van der Waals surface area contributed by atoms with Gasteiger partial charge in [-0.3, -0.25) is 0 Å². The quantitative estimate of drug-likeness (QED) is 0.116. The predicted molar refractivity (Wildman–Crippen MR) is 490 cm³/mol. The molecule has 16 aromatic carbocycles. The van der Waals surface area contributed by atoms with Gasteiger partial charge in [-0.1, -0.05) is 282 Å². The maximum absolute atomic E-state index is 6.60. The van der Waals surface area contributed by atoms with Crippen molar-refractivity contribution in [3.8, 4) is 102 Å². The van der Waals surface area contributed by atoms with Crippen molar-refractivity contribution in [3.63, 3.8) is 0 Å². The molecule has 2 aromatic heterocycles. The van der Waals surface area contributed by atoms with Crippen LogP contribution in [-0.4, -0.2) is 29.9 Å². The lowest BCUT2D eigenvalue weighted by Gasteiger charge is -2.42. The molecule has 0 radical (unpaired) electrons. The standard InChI is InChI=1S/C54H39N5O.C54H39N5S/c2*1-54(2)43-22-12-13-23-45(43)58(42-30-26-38(27-31-42)53-56-51(36-16-6-3-7-17-36)55-52(57-53)37-18-8-4-9-19-37)46-32-28-39(34-44(46)54)40-29-33-48-50(35-40)60-49-25-15-14-24-47(49)59(48)41-20-10-5-11-21-41/h2*3-35H,1-2H3. The second-order valence-corrected chi connectivity index (χ2v) is 32.5. The average Bonchev–Trinajstić information content (AvgIpc) is 0.725. The van der Waals surface area contributed by atoms with Gasteiger partial charge in [-0.15, -0.1) is 0 Å². The number of nitrogens with zero attached hydrogens (tertiary/aromatic N) is 10. The summed E-state index contributed by atoms with van der Waals surface area (Å²) in [6.07, 6.45) is 0. The number of hydrogen-bond acceptors (Lipinski definition) is 12. The second kappa shape index (κ2) is 30.2. The van der Waals surface area contributed by atoms with Gasteiger partial charge >= 0.3 is 0 Å². The van der Waals surface area contributed by atoms with Crippen molar-refractivity contribution >= 4 is 80.0 Å². The fourth-order valence-corrected chi connectivity index (χ4v) is 18.4. The number of aromatic nitrogens is 6. The minimum Gasteiger partial charge on any atom is -0.453 e. The van der Waals surface area contributed by atoms with Gasteiger partial charge in [-0.05, 0) is 202 Å². The summed E-state index contributed by atoms with van der Waals surface area (Å²) in [5, 5.41) is 0. The van der Waals surface area contributed by atoms with Gasteiger partial charge in [-0.2, -0.15) is 0 Å². The Morgan fingerprint density at radius 2 is 0.467 bits per heavy atom. The van der Waals surface area contributed by atoms with Gasteiger partial charge in [0.25, 0.3) is 0 Å². The van der Waals surface area contributed by atoms with Crippen LogP contribution in [0.3, 0.4) is 0 Å². The maximum Gasteiger partial charge on any atom is 0.164 e. The number of hydrogen-bond donors (Lipinski definition) is 0. The minimum atomic E-state index is -0.265. The molecule has 120 heavy (non-hydrogen) atoms. The molecular formula is C108H78N10OS. The number of fused-ring (bicyclic) bond motifs is 8. The number of benzene rings is 16. The first kappa shape index (κ1) is 72.6. The van der Waals surface area contributed by atoms with E-state index >= 15 is 0 Å². The van der Waals surface area contributed by atoms with Gasteiger partial charge in [0.2, 0.25) is 0 Å². The highest BCUT2D eigenvalue weighted by atomic mass is 32.2. The van der Waals surface area contributed by atoms with Crippen molar-refractivity contribution in [3.05, 3.63) is 423 Å². The van der Waals surface area contributed by atoms with Crippen LogP contribution in [0.15, 0.2) is 410 Å². The van der Waals surface area contributed by atoms with Gasteiger partial charge in [0, 0.05) is 76.8 Å². The summed E-state index contributed by atoms with van der Waals surface area (Å²) >= 11 is 1.84. The van der Waals surface area contributed by atoms with Crippen LogP contribution in [0.25, 0.3) is 90.6 Å². The van der Waals surface area contributed by atoms with E-state index in [4.69, 9.17) is 34.6 Å². The molecule has 4 aliphatic rings. The van der Waals surface area contributed by atoms with E-state index in [0.717, 1.165) is 102 Å². The van der Waals surface area contributed by atoms with Crippen LogP contribution in [0.5, 0.6) is 11.5 Å². The van der Waals surface area contributed by atoms with E-state index in [9.17, 15) is 0 Å². The molecule has 0 N–H and O–H groups in total. The van der Waals surface area contributed by atoms with Crippen molar-refractivity contribution in [2.24, 2.45) is 0 Å². The normalized spacial score (nSPS) is 13.4. The van der Waals surface area contributed by atoms with Crippen LogP contribution in [0.4, 0.5) is 68.2 Å². The highest BCUT2D eigenvalue weighted by Gasteiger charge is 2.40. The molecule has 0 bridgehead atoms. The molecule has 6 heterocycles. The Balaban J connectivity index is 0.000000148. The fourth-order valence-electron chi connectivity index (χ4n) is 17.3. The molecule has 4 aliphatic heterocycles. The Morgan fingerprint density at radius 1 is 0.200 bits per heavy atom. The lowest BCUT2D eigenvalue weighted by Crippen LogP contribution is -2.30. The SMILES string of the molecule is CC1(C)c2ccccc2N(c2ccc(-c3nc(-c4ccccc4)nc(-c4ccccc4)n3)cc2)c2ccc(-c3ccc4c(c3)Oc3ccccc3N4c3ccccc3)cc21.CC1(C)c2ccccc2N(c2ccc(-c3nc(-c4ccccc4)nc(-c4ccccc4)n3)cc2)c2ccc(-c3ccc4c(c3)Sc3ccccc3N4c3ccccc3)cc21. The molecule has 0 atom stereocenters. The third kappa shape index (κ3) is 13.2. The summed E-state index contributed by atoms with van der Waals surface area (Å²) in [7, 11) is 0. The molecule has 572 valence electrons. The molecule has 0 fully saturated rings. The zero-order chi connectivity index (χ0) is 80.4. The fraction of sp³-hybridized carbons (Fsp3) is 0.0556. The van der Waals surface area contributed by atoms with Gasteiger partial charge in [0.15, 0.2) is 46.4 Å². The van der Waals surface area contributed by atoms with Gasteiger partial charge < -0.3 is 24.3 Å². The largest absolute Gasteiger partial charge is 0.453 e. The smallest absolute Gasteiger partial charge is 0.164 e. The van der Waals surface area contributed by atoms with Crippen LogP contribution in [-0.2, 0) is 10.8 Å². The molecule has 0 saturated carbocycles. The van der Waals surface area contributed by atoms with Crippen molar-refractivity contribution in [2.45, 2.75) is 48.3 Å². The highest BCUT2D eigenvalue weighted by molar-refractivity contribution is 7.99. The van der Waals surface area contributed by atoms with Crippen LogP contribution in [0.1, 0.15) is 49.9 Å². The van der Waals surface area contributed by atoms with Gasteiger partial charge in [0.05, 0.1) is 45.5 Å². The molecule has 0 aliphatic carbocycles. The summed E-state index contributed by atoms with van der Waals surface area (Å²) in [5.74, 6) is 5.51. The molecule has 22 rings (SSSR count). The molecule has 12 heteroatoms. The Labute approximate surface area is 702 Å². The van der Waals surface area contributed by atoms with Crippen molar-refractivity contribution in [1.29, 1.82) is 0 Å². The van der Waals surface area contributed by atoms with Crippen molar-refractivity contribution in [2.75, 3.05) is 19.6 Å². The first-order chi connectivity index (χ1) is 59.0. The summed E-state index contributed by atoms with van der Waals surface area (Å²) in [6, 6.07) is 141. The van der Waals surface area contributed by atoms with E-state index in [1.54, 1.807) is 0 Å². The number of anilines is 12. The molecule has 18 aromatic rings. The number of para-hydroxylation sites is 7. The van der Waals surface area contributed by atoms with Crippen LogP contribution in [0.2, 0.25) is 0 Å². The minimum absolute atomic E-state index is 0.239. The van der Waals surface area contributed by atoms with Crippen molar-refractivity contribution < 1.29 is 4.74 Å². The Kier molecular flexibility index (Phi) is 18.3. The van der Waals surface area contributed by atoms with Gasteiger partial charge in [-0.25, -0.2) is 29.9 Å². The predicted octanol–water partition coefficient (Wildman–Crippen LogP) is 28.8. The zero-order valence-electron chi connectivity index (χ0n) is 66.4. The first-order valence-electron chi connectivity index (χ1n) is 40.6. The van der Waals surface area contributed by atoms with E-state index < -0.39 is 0 Å². The van der Waals surface area contributed by atoms with E-state index in [1.807, 2.05) is 151 Å². The highest BCUT2D eigenvalue weighted by Crippen LogP contribution is 2.58. The lowest BCUT2D eigenvalue weighted by molar-refractivity contribution is 0.477. The van der Waals surface area contributed by atoms with Crippen LogP contribution >= 0.6 is 11.8 Å². The number of rotatable bonds is 12. The first-order valence-corrected chi connectivity index (χ1v) is 41.4. The molecule has 0 unspecified atom stereocenters. The molecule has 0 amide bonds. The third-order valence-corrected chi connectivity index (χ3v) is 24.5. The summed E-state index contributed by atoms with van der Waals surface area (Å²) in [4.78, 5) is 41.7. The molecule has 0 saturated heterocycles. The molecular weight excluding hydrogens is 1490 g/mol.